The van der Waals surface area contributed by atoms with Crippen LogP contribution in [-0.2, 0) is 29.2 Å². The van der Waals surface area contributed by atoms with Gasteiger partial charge in [-0.3, -0.25) is 14.4 Å². The Bertz CT molecular complexity index is 967. The average Bonchev–Trinajstić information content (AvgIpc) is 3.48. The maximum Gasteiger partial charge on any atom is 0.231 e. The van der Waals surface area contributed by atoms with Gasteiger partial charge in [-0.05, 0) is 38.1 Å². The first-order chi connectivity index (χ1) is 16.4. The molecule has 3 heterocycles. The highest BCUT2D eigenvalue weighted by Gasteiger charge is 2.28. The Morgan fingerprint density at radius 1 is 1.29 bits per heavy atom. The van der Waals surface area contributed by atoms with E-state index >= 15 is 0 Å². The van der Waals surface area contributed by atoms with Gasteiger partial charge < -0.3 is 24.2 Å². The van der Waals surface area contributed by atoms with Crippen molar-refractivity contribution in [2.24, 2.45) is 5.92 Å². The molecule has 2 aliphatic heterocycles. The van der Waals surface area contributed by atoms with Crippen molar-refractivity contribution in [3.8, 4) is 11.5 Å². The minimum Gasteiger partial charge on any atom is -0.454 e. The van der Waals surface area contributed by atoms with Crippen LogP contribution in [0.3, 0.4) is 0 Å². The molecule has 0 fully saturated rings. The zero-order valence-electron chi connectivity index (χ0n) is 20.2. The van der Waals surface area contributed by atoms with Gasteiger partial charge in [0.05, 0.1) is 31.6 Å². The molecule has 0 radical (unpaired) electrons. The second kappa shape index (κ2) is 11.2. The van der Waals surface area contributed by atoms with Gasteiger partial charge >= 0.3 is 0 Å². The van der Waals surface area contributed by atoms with Crippen molar-refractivity contribution in [3.05, 3.63) is 35.7 Å². The number of benzene rings is 1. The van der Waals surface area contributed by atoms with Crippen molar-refractivity contribution in [2.75, 3.05) is 33.5 Å². The van der Waals surface area contributed by atoms with Crippen LogP contribution >= 0.6 is 0 Å². The van der Waals surface area contributed by atoms with Gasteiger partial charge in [-0.2, -0.15) is 0 Å². The summed E-state index contributed by atoms with van der Waals surface area (Å²) in [6, 6.07) is 5.74. The summed E-state index contributed by atoms with van der Waals surface area (Å²) in [5, 5.41) is 18.1. The number of aromatic nitrogens is 3. The lowest BCUT2D eigenvalue weighted by molar-refractivity contribution is -0.136. The van der Waals surface area contributed by atoms with E-state index in [4.69, 9.17) is 14.2 Å². The molecule has 0 saturated carbocycles. The van der Waals surface area contributed by atoms with Gasteiger partial charge in [-0.15, -0.1) is 5.10 Å². The molecule has 2 bridgehead atoms. The summed E-state index contributed by atoms with van der Waals surface area (Å²) in [5.74, 6) is 1.63. The van der Waals surface area contributed by atoms with Crippen molar-refractivity contribution in [1.82, 2.24) is 24.8 Å². The summed E-state index contributed by atoms with van der Waals surface area (Å²) in [4.78, 5) is 17.0. The summed E-state index contributed by atoms with van der Waals surface area (Å²) in [6.45, 7) is 7.05. The quantitative estimate of drug-likeness (QED) is 0.676. The first kappa shape index (κ1) is 24.4. The Balaban J connectivity index is 1.48. The fourth-order valence-electron chi connectivity index (χ4n) is 4.42. The van der Waals surface area contributed by atoms with E-state index in [9.17, 15) is 9.90 Å². The summed E-state index contributed by atoms with van der Waals surface area (Å²) < 4.78 is 19.0. The second-order valence-corrected chi connectivity index (χ2v) is 9.37. The number of amides is 1. The largest absolute Gasteiger partial charge is 0.454 e. The van der Waals surface area contributed by atoms with E-state index in [0.717, 1.165) is 29.3 Å². The Hall–Kier alpha value is -2.69. The summed E-state index contributed by atoms with van der Waals surface area (Å²) in [7, 11) is 2.05. The Morgan fingerprint density at radius 3 is 2.94 bits per heavy atom. The molecule has 4 rings (SSSR count). The van der Waals surface area contributed by atoms with E-state index in [1.165, 1.54) is 0 Å². The van der Waals surface area contributed by atoms with E-state index in [0.29, 0.717) is 39.1 Å². The van der Waals surface area contributed by atoms with Gasteiger partial charge in [0, 0.05) is 38.5 Å². The number of fused-ring (bicyclic) bond motifs is 3. The van der Waals surface area contributed by atoms with Gasteiger partial charge in [0.25, 0.3) is 0 Å². The molecule has 0 spiro atoms. The molecule has 1 aromatic carbocycles. The number of aliphatic hydroxyl groups excluding tert-OH is 1. The summed E-state index contributed by atoms with van der Waals surface area (Å²) >= 11 is 0. The number of aliphatic hydroxyl groups is 1. The lowest BCUT2D eigenvalue weighted by Gasteiger charge is -2.35. The third-order valence-corrected chi connectivity index (χ3v) is 6.43. The molecule has 1 amide bonds. The van der Waals surface area contributed by atoms with Crippen LogP contribution in [0.25, 0.3) is 0 Å². The Morgan fingerprint density at radius 2 is 2.12 bits per heavy atom. The smallest absolute Gasteiger partial charge is 0.231 e. The monoisotopic (exact) mass is 473 g/mol. The molecule has 0 saturated heterocycles. The van der Waals surface area contributed by atoms with Gasteiger partial charge in [-0.25, -0.2) is 0 Å². The third kappa shape index (κ3) is 6.05. The van der Waals surface area contributed by atoms with Gasteiger partial charge in [-0.1, -0.05) is 18.2 Å². The first-order valence-corrected chi connectivity index (χ1v) is 11.9. The maximum atomic E-state index is 13.0. The fourth-order valence-corrected chi connectivity index (χ4v) is 4.42. The second-order valence-electron chi connectivity index (χ2n) is 9.37. The van der Waals surface area contributed by atoms with Gasteiger partial charge in [0.1, 0.15) is 5.69 Å². The lowest BCUT2D eigenvalue weighted by atomic mass is 10.0. The fraction of sp³-hybridized carbons (Fsp3) is 0.625. The molecular formula is C24H35N5O5. The van der Waals surface area contributed by atoms with Crippen molar-refractivity contribution >= 4 is 5.91 Å². The zero-order chi connectivity index (χ0) is 24.1. The molecule has 10 heteroatoms. The average molecular weight is 474 g/mol. The third-order valence-electron chi connectivity index (χ3n) is 6.43. The number of aryl methyl sites for hydroxylation is 1. The van der Waals surface area contributed by atoms with Crippen molar-refractivity contribution in [1.29, 1.82) is 0 Å². The first-order valence-electron chi connectivity index (χ1n) is 11.9. The van der Waals surface area contributed by atoms with Crippen LogP contribution in [0, 0.1) is 5.92 Å². The summed E-state index contributed by atoms with van der Waals surface area (Å²) in [6.07, 6.45) is 2.81. The minimum atomic E-state index is -0.246. The number of rotatable bonds is 6. The molecule has 186 valence electrons. The van der Waals surface area contributed by atoms with E-state index in [1.807, 2.05) is 31.3 Å². The number of hydrogen-bond donors (Lipinski definition) is 1. The Labute approximate surface area is 200 Å². The van der Waals surface area contributed by atoms with Crippen LogP contribution < -0.4 is 9.47 Å². The number of nitrogens with zero attached hydrogens (tertiary/aromatic N) is 5. The van der Waals surface area contributed by atoms with Crippen LogP contribution in [0.1, 0.15) is 37.9 Å². The molecule has 2 aliphatic rings. The van der Waals surface area contributed by atoms with Crippen molar-refractivity contribution < 1.29 is 24.1 Å². The summed E-state index contributed by atoms with van der Waals surface area (Å²) in [5.41, 5.74) is 1.90. The highest BCUT2D eigenvalue weighted by atomic mass is 16.7. The molecule has 10 nitrogen and oxygen atoms in total. The molecule has 0 unspecified atom stereocenters. The van der Waals surface area contributed by atoms with Crippen LogP contribution in [0.2, 0.25) is 0 Å². The molecule has 3 atom stereocenters. The predicted octanol–water partition coefficient (Wildman–Crippen LogP) is 1.66. The van der Waals surface area contributed by atoms with Gasteiger partial charge in [0.15, 0.2) is 11.5 Å². The van der Waals surface area contributed by atoms with Crippen LogP contribution in [0.4, 0.5) is 0 Å². The van der Waals surface area contributed by atoms with E-state index in [-0.39, 0.29) is 37.4 Å². The van der Waals surface area contributed by atoms with Gasteiger partial charge in [0.2, 0.25) is 12.7 Å². The lowest BCUT2D eigenvalue weighted by Crippen LogP contribution is -2.47. The van der Waals surface area contributed by atoms with Crippen LogP contribution in [-0.4, -0.2) is 81.5 Å². The number of carbonyl (C=O) groups excluding carboxylic acids is 1. The number of carbonyl (C=O) groups is 1. The van der Waals surface area contributed by atoms with E-state index < -0.39 is 0 Å². The van der Waals surface area contributed by atoms with Crippen LogP contribution in [0.5, 0.6) is 11.5 Å². The molecule has 1 N–H and O–H groups in total. The standard InChI is InChI=1S/C24H35N5O5/c1-17-10-29(18(2)14-30)24(31)5-4-8-28-12-20(25-26-28)15-32-23(17)13-27(3)11-19-6-7-21-22(9-19)34-16-33-21/h6-7,9,12,17-18,23,30H,4-5,8,10-11,13-16H2,1-3H3/t17-,18-,23-/m1/s1. The van der Waals surface area contributed by atoms with E-state index in [2.05, 4.69) is 29.2 Å². The normalized spacial score (nSPS) is 22.3. The van der Waals surface area contributed by atoms with Crippen molar-refractivity contribution in [2.45, 2.75) is 58.5 Å². The number of ether oxygens (including phenoxy) is 3. The number of likely N-dealkylation sites (N-methyl/N-ethyl adjacent to an activating group) is 1. The highest BCUT2D eigenvalue weighted by Crippen LogP contribution is 2.32. The van der Waals surface area contributed by atoms with Crippen LogP contribution in [0.15, 0.2) is 24.4 Å². The molecular weight excluding hydrogens is 438 g/mol. The zero-order valence-corrected chi connectivity index (χ0v) is 20.2. The minimum absolute atomic E-state index is 0.0421. The molecule has 1 aromatic heterocycles. The topological polar surface area (TPSA) is 102 Å². The molecule has 2 aromatic rings. The highest BCUT2D eigenvalue weighted by molar-refractivity contribution is 5.76. The maximum absolute atomic E-state index is 13.0. The van der Waals surface area contributed by atoms with Crippen molar-refractivity contribution in [3.63, 3.8) is 0 Å². The Kier molecular flexibility index (Phi) is 8.02. The predicted molar refractivity (Wildman–Crippen MR) is 124 cm³/mol. The molecule has 0 aliphatic carbocycles. The molecule has 34 heavy (non-hydrogen) atoms. The SMILES string of the molecule is C[C@@H]1CN([C@H](C)CO)C(=O)CCCn2cc(nn2)CO[C@@H]1CN(C)Cc1ccc2c(c1)OCO2. The number of hydrogen-bond acceptors (Lipinski definition) is 8. The van der Waals surface area contributed by atoms with E-state index in [1.54, 1.807) is 9.58 Å².